The van der Waals surface area contributed by atoms with Gasteiger partial charge in [-0.05, 0) is 19.1 Å². The quantitative estimate of drug-likeness (QED) is 0.838. The topological polar surface area (TPSA) is 68.2 Å². The number of carbonyl (C=O) groups is 2. The van der Waals surface area contributed by atoms with Crippen molar-refractivity contribution in [3.8, 4) is 0 Å². The maximum absolute atomic E-state index is 12.6. The average molecular weight is 309 g/mol. The third-order valence-corrected chi connectivity index (χ3v) is 3.77. The Morgan fingerprint density at radius 1 is 1.38 bits per heavy atom. The highest BCUT2D eigenvalue weighted by atomic mass is 35.5. The van der Waals surface area contributed by atoms with E-state index in [9.17, 15) is 9.59 Å². The van der Waals surface area contributed by atoms with Crippen molar-refractivity contribution in [3.05, 3.63) is 34.9 Å². The van der Waals surface area contributed by atoms with E-state index in [0.717, 1.165) is 10.5 Å². The van der Waals surface area contributed by atoms with Crippen LogP contribution in [-0.4, -0.2) is 41.9 Å². The fraction of sp³-hybridized carbons (Fsp3) is 0.357. The molecule has 0 spiro atoms. The molecule has 2 aliphatic heterocycles. The minimum Gasteiger partial charge on any atom is -0.447 e. The van der Waals surface area contributed by atoms with Gasteiger partial charge in [0.25, 0.3) is 0 Å². The van der Waals surface area contributed by atoms with Gasteiger partial charge in [0.15, 0.2) is 0 Å². The first-order valence-electron chi connectivity index (χ1n) is 6.55. The van der Waals surface area contributed by atoms with Gasteiger partial charge in [-0.3, -0.25) is 4.79 Å². The molecule has 1 aromatic rings. The SMILES string of the molecule is C[C@@H]1ON=C(c2ccc(Cl)cc2)[C@H]1C(=O)N1CCOC1=O. The number of hydrogen-bond donors (Lipinski definition) is 0. The maximum atomic E-state index is 12.6. The predicted molar refractivity (Wildman–Crippen MR) is 75.1 cm³/mol. The minimum absolute atomic E-state index is 0.222. The highest BCUT2D eigenvalue weighted by Gasteiger charge is 2.43. The molecular weight excluding hydrogens is 296 g/mol. The first kappa shape index (κ1) is 13.9. The number of nitrogens with zero attached hydrogens (tertiary/aromatic N) is 2. The molecule has 0 unspecified atom stereocenters. The average Bonchev–Trinajstić information content (AvgIpc) is 3.05. The number of imide groups is 1. The van der Waals surface area contributed by atoms with Crippen molar-refractivity contribution >= 4 is 29.3 Å². The van der Waals surface area contributed by atoms with E-state index < -0.39 is 18.1 Å². The van der Waals surface area contributed by atoms with E-state index in [2.05, 4.69) is 5.16 Å². The van der Waals surface area contributed by atoms with E-state index in [1.54, 1.807) is 31.2 Å². The van der Waals surface area contributed by atoms with Crippen LogP contribution in [0.25, 0.3) is 0 Å². The molecule has 0 radical (unpaired) electrons. The summed E-state index contributed by atoms with van der Waals surface area (Å²) < 4.78 is 4.81. The van der Waals surface area contributed by atoms with E-state index in [4.69, 9.17) is 21.2 Å². The smallest absolute Gasteiger partial charge is 0.416 e. The molecule has 1 saturated heterocycles. The number of carbonyl (C=O) groups excluding carboxylic acids is 2. The van der Waals surface area contributed by atoms with Gasteiger partial charge in [0.1, 0.15) is 24.3 Å². The first-order valence-corrected chi connectivity index (χ1v) is 6.93. The van der Waals surface area contributed by atoms with E-state index in [1.807, 2.05) is 0 Å². The van der Waals surface area contributed by atoms with Crippen LogP contribution in [0.5, 0.6) is 0 Å². The summed E-state index contributed by atoms with van der Waals surface area (Å²) in [5.41, 5.74) is 1.25. The zero-order valence-electron chi connectivity index (χ0n) is 11.3. The number of oxime groups is 1. The van der Waals surface area contributed by atoms with Crippen molar-refractivity contribution < 1.29 is 19.2 Å². The highest BCUT2D eigenvalue weighted by Crippen LogP contribution is 2.26. The van der Waals surface area contributed by atoms with Crippen LogP contribution >= 0.6 is 11.6 Å². The lowest BCUT2D eigenvalue weighted by Gasteiger charge is -2.19. The second kappa shape index (κ2) is 5.37. The molecule has 0 aromatic heterocycles. The molecule has 0 saturated carbocycles. The highest BCUT2D eigenvalue weighted by molar-refractivity contribution is 6.30. The molecule has 2 heterocycles. The number of rotatable bonds is 2. The summed E-state index contributed by atoms with van der Waals surface area (Å²) in [5, 5.41) is 4.58. The summed E-state index contributed by atoms with van der Waals surface area (Å²) >= 11 is 5.86. The van der Waals surface area contributed by atoms with Crippen LogP contribution < -0.4 is 0 Å². The molecule has 0 N–H and O–H groups in total. The molecule has 2 amide bonds. The van der Waals surface area contributed by atoms with Gasteiger partial charge in [-0.15, -0.1) is 0 Å². The Morgan fingerprint density at radius 2 is 2.10 bits per heavy atom. The van der Waals surface area contributed by atoms with Gasteiger partial charge in [0, 0.05) is 10.6 Å². The second-order valence-electron chi connectivity index (χ2n) is 4.88. The van der Waals surface area contributed by atoms with Gasteiger partial charge in [-0.2, -0.15) is 0 Å². The van der Waals surface area contributed by atoms with E-state index in [-0.39, 0.29) is 19.1 Å². The molecule has 0 bridgehead atoms. The number of benzene rings is 1. The normalized spacial score (nSPS) is 24.6. The third kappa shape index (κ3) is 2.47. The minimum atomic E-state index is -0.628. The molecule has 1 fully saturated rings. The monoisotopic (exact) mass is 308 g/mol. The van der Waals surface area contributed by atoms with Crippen LogP contribution in [0, 0.1) is 5.92 Å². The molecule has 1 aromatic carbocycles. The number of ether oxygens (including phenoxy) is 1. The van der Waals surface area contributed by atoms with Gasteiger partial charge in [0.05, 0.1) is 6.54 Å². The fourth-order valence-electron chi connectivity index (χ4n) is 2.41. The Morgan fingerprint density at radius 3 is 2.71 bits per heavy atom. The molecule has 0 aliphatic carbocycles. The first-order chi connectivity index (χ1) is 10.1. The summed E-state index contributed by atoms with van der Waals surface area (Å²) in [4.78, 5) is 30.4. The lowest BCUT2D eigenvalue weighted by atomic mass is 9.92. The molecule has 7 heteroatoms. The van der Waals surface area contributed by atoms with Gasteiger partial charge in [-0.1, -0.05) is 28.9 Å². The lowest BCUT2D eigenvalue weighted by molar-refractivity contribution is -0.132. The summed E-state index contributed by atoms with van der Waals surface area (Å²) in [6, 6.07) is 6.97. The van der Waals surface area contributed by atoms with Crippen LogP contribution in [-0.2, 0) is 14.4 Å². The summed E-state index contributed by atoms with van der Waals surface area (Å²) in [6.07, 6.45) is -1.05. The van der Waals surface area contributed by atoms with Crippen molar-refractivity contribution in [1.29, 1.82) is 0 Å². The molecule has 6 nitrogen and oxygen atoms in total. The van der Waals surface area contributed by atoms with Crippen LogP contribution in [0.4, 0.5) is 4.79 Å². The molecule has 3 rings (SSSR count). The Hall–Kier alpha value is -2.08. The lowest BCUT2D eigenvalue weighted by Crippen LogP contribution is -2.42. The second-order valence-corrected chi connectivity index (χ2v) is 5.31. The Bertz CT molecular complexity index is 614. The summed E-state index contributed by atoms with van der Waals surface area (Å²) in [7, 11) is 0. The third-order valence-electron chi connectivity index (χ3n) is 3.51. The molecule has 2 aliphatic rings. The largest absolute Gasteiger partial charge is 0.447 e. The van der Waals surface area contributed by atoms with Gasteiger partial charge >= 0.3 is 6.09 Å². The number of hydrogen-bond acceptors (Lipinski definition) is 5. The Kier molecular flexibility index (Phi) is 3.55. The molecule has 21 heavy (non-hydrogen) atoms. The van der Waals surface area contributed by atoms with Crippen molar-refractivity contribution in [2.24, 2.45) is 11.1 Å². The van der Waals surface area contributed by atoms with E-state index in [0.29, 0.717) is 10.7 Å². The Labute approximate surface area is 126 Å². The molecule has 2 atom stereocenters. The van der Waals surface area contributed by atoms with Crippen LogP contribution in [0.3, 0.4) is 0 Å². The van der Waals surface area contributed by atoms with Gasteiger partial charge < -0.3 is 9.57 Å². The van der Waals surface area contributed by atoms with Crippen molar-refractivity contribution in [2.45, 2.75) is 13.0 Å². The van der Waals surface area contributed by atoms with Crippen LogP contribution in [0.1, 0.15) is 12.5 Å². The zero-order chi connectivity index (χ0) is 15.0. The fourth-order valence-corrected chi connectivity index (χ4v) is 2.54. The van der Waals surface area contributed by atoms with Crippen molar-refractivity contribution in [3.63, 3.8) is 0 Å². The van der Waals surface area contributed by atoms with Crippen molar-refractivity contribution in [1.82, 2.24) is 4.90 Å². The summed E-state index contributed by atoms with van der Waals surface area (Å²) in [5.74, 6) is -0.979. The summed E-state index contributed by atoms with van der Waals surface area (Å²) in [6.45, 7) is 2.23. The Balaban J connectivity index is 1.88. The predicted octanol–water partition coefficient (Wildman–Crippen LogP) is 2.06. The van der Waals surface area contributed by atoms with Crippen molar-refractivity contribution in [2.75, 3.05) is 13.2 Å². The standard InChI is InChI=1S/C14H13ClN2O4/c1-8-11(13(18)17-6-7-20-14(17)19)12(16-21-8)9-2-4-10(15)5-3-9/h2-5,8,11H,6-7H2,1H3/t8-,11-/m0/s1. The van der Waals surface area contributed by atoms with Gasteiger partial charge in [0.2, 0.25) is 5.91 Å². The maximum Gasteiger partial charge on any atom is 0.416 e. The van der Waals surface area contributed by atoms with E-state index >= 15 is 0 Å². The zero-order valence-corrected chi connectivity index (χ0v) is 12.0. The number of halogens is 1. The van der Waals surface area contributed by atoms with Gasteiger partial charge in [-0.25, -0.2) is 9.69 Å². The molecule has 110 valence electrons. The number of amides is 2. The van der Waals surface area contributed by atoms with Crippen LogP contribution in [0.15, 0.2) is 29.4 Å². The number of cyclic esters (lactones) is 1. The molecular formula is C14H13ClN2O4. The van der Waals surface area contributed by atoms with Crippen LogP contribution in [0.2, 0.25) is 5.02 Å². The van der Waals surface area contributed by atoms with E-state index in [1.165, 1.54) is 0 Å².